The maximum atomic E-state index is 12.5. The van der Waals surface area contributed by atoms with Crippen molar-refractivity contribution in [3.05, 3.63) is 47.0 Å². The molecule has 1 N–H and O–H groups in total. The molecule has 1 fully saturated rings. The molecule has 2 aromatic heterocycles. The van der Waals surface area contributed by atoms with E-state index in [1.807, 2.05) is 29.6 Å². The van der Waals surface area contributed by atoms with E-state index in [4.69, 9.17) is 9.47 Å². The van der Waals surface area contributed by atoms with E-state index in [0.29, 0.717) is 19.8 Å². The first kappa shape index (κ1) is 17.1. The van der Waals surface area contributed by atoms with E-state index in [2.05, 4.69) is 15.4 Å². The molecule has 1 amide bonds. The average Bonchev–Trinajstić information content (AvgIpc) is 3.31. The summed E-state index contributed by atoms with van der Waals surface area (Å²) in [6.45, 7) is 1.71. The Kier molecular flexibility index (Phi) is 5.24. The van der Waals surface area contributed by atoms with E-state index >= 15 is 0 Å². The Morgan fingerprint density at radius 1 is 1.42 bits per heavy atom. The summed E-state index contributed by atoms with van der Waals surface area (Å²) in [5, 5.41) is 10.3. The summed E-state index contributed by atoms with van der Waals surface area (Å²) in [6, 6.07) is 7.66. The van der Waals surface area contributed by atoms with Gasteiger partial charge in [-0.1, -0.05) is 18.2 Å². The van der Waals surface area contributed by atoms with E-state index in [1.165, 1.54) is 0 Å². The molecule has 0 bridgehead atoms. The van der Waals surface area contributed by atoms with Crippen molar-refractivity contribution in [3.8, 4) is 0 Å². The van der Waals surface area contributed by atoms with E-state index < -0.39 is 0 Å². The lowest BCUT2D eigenvalue weighted by molar-refractivity contribution is -0.127. The Morgan fingerprint density at radius 3 is 3.23 bits per heavy atom. The zero-order chi connectivity index (χ0) is 17.8. The zero-order valence-electron chi connectivity index (χ0n) is 14.2. The summed E-state index contributed by atoms with van der Waals surface area (Å²) in [7, 11) is 0. The molecule has 1 aromatic carbocycles. The van der Waals surface area contributed by atoms with E-state index in [9.17, 15) is 4.79 Å². The first-order valence-corrected chi connectivity index (χ1v) is 9.50. The maximum absolute atomic E-state index is 12.5. The van der Waals surface area contributed by atoms with Gasteiger partial charge in [0.05, 0.1) is 48.3 Å². The predicted molar refractivity (Wildman–Crippen MR) is 97.8 cm³/mol. The lowest BCUT2D eigenvalue weighted by atomic mass is 10.1. The molecule has 26 heavy (non-hydrogen) atoms. The third-order valence-corrected chi connectivity index (χ3v) is 5.05. The lowest BCUT2D eigenvalue weighted by Crippen LogP contribution is -2.51. The van der Waals surface area contributed by atoms with Gasteiger partial charge in [0.1, 0.15) is 6.54 Å². The number of para-hydroxylation sites is 1. The number of hydrogen-bond acceptors (Lipinski definition) is 6. The molecule has 0 unspecified atom stereocenters. The summed E-state index contributed by atoms with van der Waals surface area (Å²) in [5.41, 5.74) is 3.64. The Balaban J connectivity index is 1.37. The largest absolute Gasteiger partial charge is 0.379 e. The summed E-state index contributed by atoms with van der Waals surface area (Å²) in [5.74, 6) is -0.100. The van der Waals surface area contributed by atoms with Crippen LogP contribution in [0, 0.1) is 0 Å². The number of thiazole rings is 1. The highest BCUT2D eigenvalue weighted by atomic mass is 32.1. The fraction of sp³-hybridized carbons (Fsp3) is 0.389. The normalized spacial score (nSPS) is 20.3. The van der Waals surface area contributed by atoms with Crippen LogP contribution >= 0.6 is 11.3 Å². The molecule has 0 spiro atoms. The molecular formula is C18H20N4O3S. The molecule has 3 heterocycles. The minimum absolute atomic E-state index is 0.0798. The third-order valence-electron chi connectivity index (χ3n) is 4.41. The number of ether oxygens (including phenoxy) is 2. The highest BCUT2D eigenvalue weighted by molar-refractivity contribution is 7.07. The van der Waals surface area contributed by atoms with Crippen LogP contribution in [-0.2, 0) is 27.4 Å². The number of nitrogens with one attached hydrogen (secondary N) is 1. The molecule has 136 valence electrons. The van der Waals surface area contributed by atoms with Crippen molar-refractivity contribution >= 4 is 28.1 Å². The van der Waals surface area contributed by atoms with Crippen LogP contribution < -0.4 is 5.32 Å². The summed E-state index contributed by atoms with van der Waals surface area (Å²) in [4.78, 5) is 16.7. The molecule has 0 aliphatic carbocycles. The SMILES string of the molecule is O=C(Cn1ncc2ccccc21)N[C@@H]1COCC[C@@H]1OCc1cscn1. The van der Waals surface area contributed by atoms with Gasteiger partial charge in [-0.05, 0) is 12.5 Å². The van der Waals surface area contributed by atoms with Crippen LogP contribution in [0.2, 0.25) is 0 Å². The predicted octanol–water partition coefficient (Wildman–Crippen LogP) is 1.98. The van der Waals surface area contributed by atoms with Gasteiger partial charge in [-0.3, -0.25) is 9.48 Å². The number of amides is 1. The fourth-order valence-corrected chi connectivity index (χ4v) is 3.64. The van der Waals surface area contributed by atoms with E-state index in [-0.39, 0.29) is 24.6 Å². The second-order valence-corrected chi connectivity index (χ2v) is 6.95. The topological polar surface area (TPSA) is 78.3 Å². The first-order chi connectivity index (χ1) is 12.8. The van der Waals surface area contributed by atoms with Crippen molar-refractivity contribution in [2.75, 3.05) is 13.2 Å². The number of carbonyl (C=O) groups is 1. The summed E-state index contributed by atoms with van der Waals surface area (Å²) >= 11 is 1.55. The second-order valence-electron chi connectivity index (χ2n) is 6.23. The number of aromatic nitrogens is 3. The maximum Gasteiger partial charge on any atom is 0.242 e. The standard InChI is InChI=1S/C18H20N4O3S/c23-18(8-22-16-4-2-1-3-13(16)7-20-22)21-15-10-24-6-5-17(15)25-9-14-11-26-12-19-14/h1-4,7,11-12,15,17H,5-6,8-10H2,(H,21,23)/t15-,17+/m1/s1. The van der Waals surface area contributed by atoms with Crippen molar-refractivity contribution in [2.45, 2.75) is 31.7 Å². The van der Waals surface area contributed by atoms with Crippen LogP contribution in [0.3, 0.4) is 0 Å². The van der Waals surface area contributed by atoms with Gasteiger partial charge in [-0.15, -0.1) is 11.3 Å². The number of fused-ring (bicyclic) bond motifs is 1. The molecule has 1 saturated heterocycles. The van der Waals surface area contributed by atoms with Gasteiger partial charge in [-0.2, -0.15) is 5.10 Å². The molecule has 1 aliphatic rings. The molecule has 8 heteroatoms. The summed E-state index contributed by atoms with van der Waals surface area (Å²) in [6.07, 6.45) is 2.44. The van der Waals surface area contributed by atoms with E-state index in [1.54, 1.807) is 27.7 Å². The van der Waals surface area contributed by atoms with Crippen LogP contribution in [0.25, 0.3) is 10.9 Å². The second kappa shape index (κ2) is 7.94. The molecule has 4 rings (SSSR count). The van der Waals surface area contributed by atoms with Crippen molar-refractivity contribution in [3.63, 3.8) is 0 Å². The fourth-order valence-electron chi connectivity index (χ4n) is 3.09. The van der Waals surface area contributed by atoms with E-state index in [0.717, 1.165) is 23.0 Å². The Bertz CT molecular complexity index is 864. The van der Waals surface area contributed by atoms with Crippen molar-refractivity contribution in [2.24, 2.45) is 0 Å². The van der Waals surface area contributed by atoms with Gasteiger partial charge in [0.25, 0.3) is 0 Å². The number of benzene rings is 1. The highest BCUT2D eigenvalue weighted by Crippen LogP contribution is 2.16. The Hall–Kier alpha value is -2.29. The van der Waals surface area contributed by atoms with Crippen LogP contribution in [-0.4, -0.2) is 46.0 Å². The molecular weight excluding hydrogens is 352 g/mol. The lowest BCUT2D eigenvalue weighted by Gasteiger charge is -2.32. The highest BCUT2D eigenvalue weighted by Gasteiger charge is 2.28. The van der Waals surface area contributed by atoms with Crippen LogP contribution in [0.5, 0.6) is 0 Å². The van der Waals surface area contributed by atoms with Crippen LogP contribution in [0.1, 0.15) is 12.1 Å². The molecule has 0 saturated carbocycles. The Morgan fingerprint density at radius 2 is 2.35 bits per heavy atom. The third kappa shape index (κ3) is 3.92. The molecule has 7 nitrogen and oxygen atoms in total. The van der Waals surface area contributed by atoms with Crippen LogP contribution in [0.4, 0.5) is 0 Å². The number of rotatable bonds is 6. The number of carbonyl (C=O) groups excluding carboxylic acids is 1. The van der Waals surface area contributed by atoms with Crippen LogP contribution in [0.15, 0.2) is 41.4 Å². The van der Waals surface area contributed by atoms with Gasteiger partial charge in [0.15, 0.2) is 0 Å². The zero-order valence-corrected chi connectivity index (χ0v) is 15.0. The Labute approximate surface area is 154 Å². The van der Waals surface area contributed by atoms with Gasteiger partial charge in [0.2, 0.25) is 5.91 Å². The van der Waals surface area contributed by atoms with Gasteiger partial charge in [0, 0.05) is 17.4 Å². The van der Waals surface area contributed by atoms with Crippen molar-refractivity contribution in [1.29, 1.82) is 0 Å². The quantitative estimate of drug-likeness (QED) is 0.716. The van der Waals surface area contributed by atoms with Crippen molar-refractivity contribution in [1.82, 2.24) is 20.1 Å². The van der Waals surface area contributed by atoms with Gasteiger partial charge >= 0.3 is 0 Å². The molecule has 0 radical (unpaired) electrons. The van der Waals surface area contributed by atoms with Gasteiger partial charge in [-0.25, -0.2) is 4.98 Å². The monoisotopic (exact) mass is 372 g/mol. The molecule has 3 aromatic rings. The number of nitrogens with zero attached hydrogens (tertiary/aromatic N) is 3. The number of hydrogen-bond donors (Lipinski definition) is 1. The first-order valence-electron chi connectivity index (χ1n) is 8.56. The van der Waals surface area contributed by atoms with Gasteiger partial charge < -0.3 is 14.8 Å². The molecule has 1 aliphatic heterocycles. The smallest absolute Gasteiger partial charge is 0.242 e. The minimum atomic E-state index is -0.170. The van der Waals surface area contributed by atoms with Crippen molar-refractivity contribution < 1.29 is 14.3 Å². The average molecular weight is 372 g/mol. The minimum Gasteiger partial charge on any atom is -0.379 e. The molecule has 2 atom stereocenters. The summed E-state index contributed by atoms with van der Waals surface area (Å²) < 4.78 is 13.2.